The van der Waals surface area contributed by atoms with Crippen LogP contribution in [0.3, 0.4) is 0 Å². The van der Waals surface area contributed by atoms with Gasteiger partial charge in [-0.25, -0.2) is 0 Å². The molecule has 0 saturated carbocycles. The Morgan fingerprint density at radius 1 is 0.284 bits per heavy atom. The number of rotatable bonds is 8. The number of nitrogens with zero attached hydrogens (tertiary/aromatic N) is 1. The molecule has 0 aromatic heterocycles. The second-order valence-electron chi connectivity index (χ2n) is 22.7. The minimum atomic E-state index is -0.529. The summed E-state index contributed by atoms with van der Waals surface area (Å²) in [5.74, 6) is 0. The van der Waals surface area contributed by atoms with Crippen LogP contribution in [0.15, 0.2) is 286 Å². The Kier molecular flexibility index (Phi) is 10.4. The third kappa shape index (κ3) is 6.85. The molecule has 1 nitrogen and oxygen atoms in total. The van der Waals surface area contributed by atoms with E-state index in [1.54, 1.807) is 0 Å². The van der Waals surface area contributed by atoms with Crippen LogP contribution in [-0.2, 0) is 10.8 Å². The van der Waals surface area contributed by atoms with E-state index in [2.05, 4.69) is 304 Å². The molecular weight excluding hydrogens is 975 g/mol. The van der Waals surface area contributed by atoms with E-state index in [1.807, 2.05) is 6.08 Å². The molecule has 0 bridgehead atoms. The van der Waals surface area contributed by atoms with Crippen molar-refractivity contribution >= 4 is 44.7 Å². The second kappa shape index (κ2) is 18.0. The summed E-state index contributed by atoms with van der Waals surface area (Å²) in [7, 11) is 0. The average molecular weight is 1030 g/mol. The van der Waals surface area contributed by atoms with E-state index in [0.717, 1.165) is 22.6 Å². The summed E-state index contributed by atoms with van der Waals surface area (Å²) in [5, 5.41) is 4.93. The molecule has 81 heavy (non-hydrogen) atoms. The number of fused-ring (bicyclic) bond motifs is 15. The Morgan fingerprint density at radius 2 is 0.667 bits per heavy atom. The highest BCUT2D eigenvalue weighted by molar-refractivity contribution is 6.21. The van der Waals surface area contributed by atoms with Gasteiger partial charge in [0, 0.05) is 22.5 Å². The molecule has 1 atom stereocenters. The van der Waals surface area contributed by atoms with Crippen LogP contribution >= 0.6 is 0 Å². The maximum absolute atomic E-state index is 4.21. The predicted octanol–water partition coefficient (Wildman–Crippen LogP) is 21.4. The first-order valence-corrected chi connectivity index (χ1v) is 28.3. The van der Waals surface area contributed by atoms with E-state index in [-0.39, 0.29) is 5.41 Å². The number of hydrogen-bond acceptors (Lipinski definition) is 1. The van der Waals surface area contributed by atoms with Gasteiger partial charge >= 0.3 is 0 Å². The smallest absolute Gasteiger partial charge is 0.0725 e. The third-order valence-corrected chi connectivity index (χ3v) is 18.3. The van der Waals surface area contributed by atoms with Gasteiger partial charge in [-0.2, -0.15) is 0 Å². The first-order valence-electron chi connectivity index (χ1n) is 28.3. The fraction of sp³-hybridized carbons (Fsp3) is 0.0500. The van der Waals surface area contributed by atoms with Crippen molar-refractivity contribution in [2.24, 2.45) is 0 Å². The van der Waals surface area contributed by atoms with Crippen molar-refractivity contribution in [2.75, 3.05) is 4.90 Å². The van der Waals surface area contributed by atoms with E-state index in [4.69, 9.17) is 0 Å². The number of benzene rings is 13. The van der Waals surface area contributed by atoms with E-state index in [0.29, 0.717) is 0 Å². The second-order valence-corrected chi connectivity index (χ2v) is 22.7. The minimum absolute atomic E-state index is 0.134. The van der Waals surface area contributed by atoms with Gasteiger partial charge < -0.3 is 4.90 Å². The Bertz CT molecular complexity index is 4660. The normalized spacial score (nSPS) is 14.7. The van der Waals surface area contributed by atoms with E-state index in [1.165, 1.54) is 133 Å². The quantitative estimate of drug-likeness (QED) is 0.137. The van der Waals surface area contributed by atoms with Crippen molar-refractivity contribution in [2.45, 2.75) is 24.7 Å². The molecule has 0 radical (unpaired) electrons. The van der Waals surface area contributed by atoms with Crippen molar-refractivity contribution < 1.29 is 0 Å². The van der Waals surface area contributed by atoms with Gasteiger partial charge in [0.25, 0.3) is 0 Å². The van der Waals surface area contributed by atoms with Crippen molar-refractivity contribution in [1.29, 1.82) is 0 Å². The lowest BCUT2D eigenvalue weighted by atomic mass is 9.69. The lowest BCUT2D eigenvalue weighted by molar-refractivity contribution is 0.660. The van der Waals surface area contributed by atoms with Gasteiger partial charge in [-0.05, 0) is 187 Å². The SMILES string of the molecule is C=Cc1ccccc1-c1ccc2c(c1)C1(c3ccccc3-2)c2ccccc2-c2ccc(-c3c4ccccc4c(-c4ccc(N(c5ccc(-c6ccccc6)cc5)c5ccc6c(c5)C(C)(C)c5ccccc5-6)cc4)c4ccccc34)cc21. The van der Waals surface area contributed by atoms with Crippen LogP contribution in [0.5, 0.6) is 0 Å². The molecule has 0 amide bonds. The zero-order chi connectivity index (χ0) is 54.0. The highest BCUT2D eigenvalue weighted by Crippen LogP contribution is 2.64. The lowest BCUT2D eigenvalue weighted by Gasteiger charge is -2.31. The summed E-state index contributed by atoms with van der Waals surface area (Å²) in [6, 6.07) is 105. The Morgan fingerprint density at radius 3 is 1.25 bits per heavy atom. The fourth-order valence-corrected chi connectivity index (χ4v) is 14.6. The van der Waals surface area contributed by atoms with Crippen molar-refractivity contribution in [3.8, 4) is 77.9 Å². The van der Waals surface area contributed by atoms with Crippen LogP contribution in [0.1, 0.15) is 52.8 Å². The first kappa shape index (κ1) is 47.0. The zero-order valence-electron chi connectivity index (χ0n) is 45.3. The molecule has 13 aromatic carbocycles. The van der Waals surface area contributed by atoms with Crippen LogP contribution < -0.4 is 4.90 Å². The van der Waals surface area contributed by atoms with E-state index >= 15 is 0 Å². The van der Waals surface area contributed by atoms with Crippen LogP contribution in [0.2, 0.25) is 0 Å². The largest absolute Gasteiger partial charge is 0.310 e. The van der Waals surface area contributed by atoms with Crippen LogP contribution in [0.4, 0.5) is 17.1 Å². The molecule has 3 aliphatic carbocycles. The topological polar surface area (TPSA) is 3.24 Å². The average Bonchev–Trinajstić information content (AvgIpc) is 4.09. The molecule has 3 aliphatic rings. The molecule has 1 heteroatoms. The molecule has 0 saturated heterocycles. The summed E-state index contributed by atoms with van der Waals surface area (Å²) in [4.78, 5) is 2.43. The van der Waals surface area contributed by atoms with Gasteiger partial charge in [-0.3, -0.25) is 0 Å². The van der Waals surface area contributed by atoms with E-state index < -0.39 is 5.41 Å². The monoisotopic (exact) mass is 1030 g/mol. The molecule has 0 heterocycles. The van der Waals surface area contributed by atoms with Crippen LogP contribution in [0, 0.1) is 0 Å². The highest BCUT2D eigenvalue weighted by atomic mass is 15.1. The summed E-state index contributed by atoms with van der Waals surface area (Å²) >= 11 is 0. The van der Waals surface area contributed by atoms with Gasteiger partial charge in [0.1, 0.15) is 0 Å². The molecular formula is C80H55N. The third-order valence-electron chi connectivity index (χ3n) is 18.3. The van der Waals surface area contributed by atoms with Gasteiger partial charge in [0.2, 0.25) is 0 Å². The minimum Gasteiger partial charge on any atom is -0.310 e. The van der Waals surface area contributed by atoms with Crippen molar-refractivity contribution in [3.05, 3.63) is 325 Å². The summed E-state index contributed by atoms with van der Waals surface area (Å²) in [6.07, 6.45) is 1.98. The van der Waals surface area contributed by atoms with Crippen LogP contribution in [0.25, 0.3) is 106 Å². The molecule has 1 unspecified atom stereocenters. The molecule has 380 valence electrons. The summed E-state index contributed by atoms with van der Waals surface area (Å²) < 4.78 is 0. The Hall–Kier alpha value is -10.1. The van der Waals surface area contributed by atoms with Gasteiger partial charge in [0.05, 0.1) is 5.41 Å². The molecule has 16 rings (SSSR count). The summed E-state index contributed by atoms with van der Waals surface area (Å²) in [6.45, 7) is 8.94. The molecule has 0 fully saturated rings. The van der Waals surface area contributed by atoms with Crippen LogP contribution in [-0.4, -0.2) is 0 Å². The fourth-order valence-electron chi connectivity index (χ4n) is 14.6. The molecule has 13 aromatic rings. The van der Waals surface area contributed by atoms with Gasteiger partial charge in [-0.15, -0.1) is 0 Å². The van der Waals surface area contributed by atoms with Gasteiger partial charge in [0.15, 0.2) is 0 Å². The molecule has 1 spiro atoms. The summed E-state index contributed by atoms with van der Waals surface area (Å²) in [5.41, 5.74) is 29.3. The highest BCUT2D eigenvalue weighted by Gasteiger charge is 2.52. The zero-order valence-corrected chi connectivity index (χ0v) is 45.3. The Balaban J connectivity index is 0.855. The standard InChI is InChI=1S/C80H55N/c1-4-51-20-8-9-23-60(51)55-38-45-65-62-25-15-18-32-72(62)80(75(65)48-55)73-33-19-16-26-63(73)66-46-39-56(49-76(66)80)78-69-29-12-10-27-67(69)77(68-28-11-13-30-70(68)78)54-36-42-58(43-37-54)81(57-40-34-53(35-41-57)52-21-6-5-7-22-52)59-44-47-64-61-24-14-17-31-71(61)79(2,3)74(64)50-59/h4-50H,1H2,2-3H3. The lowest BCUT2D eigenvalue weighted by Crippen LogP contribution is -2.26. The van der Waals surface area contributed by atoms with Gasteiger partial charge in [-0.1, -0.05) is 257 Å². The predicted molar refractivity (Wildman–Crippen MR) is 342 cm³/mol. The Labute approximate surface area is 474 Å². The van der Waals surface area contributed by atoms with Crippen molar-refractivity contribution in [1.82, 2.24) is 0 Å². The van der Waals surface area contributed by atoms with E-state index in [9.17, 15) is 0 Å². The maximum Gasteiger partial charge on any atom is 0.0725 e. The first-order chi connectivity index (χ1) is 39.9. The molecule has 0 aliphatic heterocycles. The maximum atomic E-state index is 4.21. The molecule has 0 N–H and O–H groups in total. The van der Waals surface area contributed by atoms with Crippen molar-refractivity contribution in [3.63, 3.8) is 0 Å². The number of anilines is 3. The number of hydrogen-bond donors (Lipinski definition) is 0.